The van der Waals surface area contributed by atoms with Gasteiger partial charge in [0.05, 0.1) is 5.52 Å². The molecule has 6 heteroatoms. The SMILES string of the molecule is Fc1ccc2n[nH]c(C(F)(F)F)c2c1. The van der Waals surface area contributed by atoms with Gasteiger partial charge in [-0.1, -0.05) is 0 Å². The number of nitrogens with zero attached hydrogens (tertiary/aromatic N) is 1. The first kappa shape index (κ1) is 8.98. The van der Waals surface area contributed by atoms with Crippen molar-refractivity contribution in [2.75, 3.05) is 0 Å². The number of aromatic amines is 1. The van der Waals surface area contributed by atoms with Crippen LogP contribution < -0.4 is 0 Å². The zero-order valence-electron chi connectivity index (χ0n) is 6.69. The molecule has 2 rings (SSSR count). The van der Waals surface area contributed by atoms with Crippen LogP contribution in [0.5, 0.6) is 0 Å². The molecule has 2 nitrogen and oxygen atoms in total. The van der Waals surface area contributed by atoms with E-state index in [4.69, 9.17) is 0 Å². The van der Waals surface area contributed by atoms with Gasteiger partial charge in [-0.25, -0.2) is 4.39 Å². The Hall–Kier alpha value is -1.59. The number of halogens is 4. The van der Waals surface area contributed by atoms with Crippen LogP contribution in [0.15, 0.2) is 18.2 Å². The number of H-pyrrole nitrogens is 1. The summed E-state index contributed by atoms with van der Waals surface area (Å²) in [4.78, 5) is 0. The number of aromatic nitrogens is 2. The molecule has 0 bridgehead atoms. The van der Waals surface area contributed by atoms with Gasteiger partial charge < -0.3 is 0 Å². The maximum absolute atomic E-state index is 12.7. The highest BCUT2D eigenvalue weighted by Crippen LogP contribution is 2.32. The van der Waals surface area contributed by atoms with Gasteiger partial charge in [-0.15, -0.1) is 0 Å². The minimum absolute atomic E-state index is 0.0960. The molecule has 0 radical (unpaired) electrons. The van der Waals surface area contributed by atoms with E-state index in [2.05, 4.69) is 5.10 Å². The Bertz CT molecular complexity index is 472. The number of hydrogen-bond acceptors (Lipinski definition) is 1. The van der Waals surface area contributed by atoms with E-state index in [-0.39, 0.29) is 10.9 Å². The summed E-state index contributed by atoms with van der Waals surface area (Å²) >= 11 is 0. The van der Waals surface area contributed by atoms with Crippen molar-refractivity contribution in [3.8, 4) is 0 Å². The standard InChI is InChI=1S/C8H4F4N2/c9-4-1-2-6-5(3-4)7(14-13-6)8(10,11)12/h1-3H,(H,13,14). The van der Waals surface area contributed by atoms with Crippen molar-refractivity contribution in [1.82, 2.24) is 10.2 Å². The first-order valence-corrected chi connectivity index (χ1v) is 3.69. The van der Waals surface area contributed by atoms with Crippen LogP contribution in [-0.4, -0.2) is 10.2 Å². The zero-order valence-corrected chi connectivity index (χ0v) is 6.69. The first-order chi connectivity index (χ1) is 6.48. The number of fused-ring (bicyclic) bond motifs is 1. The summed E-state index contributed by atoms with van der Waals surface area (Å²) < 4.78 is 49.5. The number of alkyl halides is 3. The second-order valence-electron chi connectivity index (χ2n) is 2.76. The van der Waals surface area contributed by atoms with Crippen molar-refractivity contribution in [1.29, 1.82) is 0 Å². The minimum Gasteiger partial charge on any atom is -0.272 e. The fourth-order valence-electron chi connectivity index (χ4n) is 1.20. The lowest BCUT2D eigenvalue weighted by atomic mass is 10.2. The Balaban J connectivity index is 2.73. The Morgan fingerprint density at radius 1 is 1.21 bits per heavy atom. The summed E-state index contributed by atoms with van der Waals surface area (Å²) in [6, 6.07) is 3.06. The smallest absolute Gasteiger partial charge is 0.272 e. The third-order valence-corrected chi connectivity index (χ3v) is 1.80. The second-order valence-corrected chi connectivity index (χ2v) is 2.76. The van der Waals surface area contributed by atoms with Crippen LogP contribution >= 0.6 is 0 Å². The van der Waals surface area contributed by atoms with Crippen LogP contribution in [-0.2, 0) is 6.18 Å². The molecule has 1 N–H and O–H groups in total. The van der Waals surface area contributed by atoms with Gasteiger partial charge in [0.1, 0.15) is 11.5 Å². The molecule has 74 valence electrons. The van der Waals surface area contributed by atoms with Crippen molar-refractivity contribution < 1.29 is 17.6 Å². The quantitative estimate of drug-likeness (QED) is 0.656. The van der Waals surface area contributed by atoms with Crippen LogP contribution in [0.2, 0.25) is 0 Å². The predicted octanol–water partition coefficient (Wildman–Crippen LogP) is 2.72. The lowest BCUT2D eigenvalue weighted by Crippen LogP contribution is -2.05. The maximum atomic E-state index is 12.7. The Kier molecular flexibility index (Phi) is 1.73. The van der Waals surface area contributed by atoms with E-state index in [1.54, 1.807) is 0 Å². The molecule has 0 unspecified atom stereocenters. The molecule has 0 saturated carbocycles. The predicted molar refractivity (Wildman–Crippen MR) is 41.1 cm³/mol. The molecule has 14 heavy (non-hydrogen) atoms. The molecule has 0 aliphatic rings. The molecular formula is C8H4F4N2. The fraction of sp³-hybridized carbons (Fsp3) is 0.125. The molecule has 0 fully saturated rings. The van der Waals surface area contributed by atoms with Gasteiger partial charge >= 0.3 is 6.18 Å². The van der Waals surface area contributed by atoms with Gasteiger partial charge in [0.25, 0.3) is 0 Å². The largest absolute Gasteiger partial charge is 0.433 e. The van der Waals surface area contributed by atoms with E-state index in [0.29, 0.717) is 0 Å². The van der Waals surface area contributed by atoms with Crippen molar-refractivity contribution in [2.45, 2.75) is 6.18 Å². The highest BCUT2D eigenvalue weighted by Gasteiger charge is 2.35. The van der Waals surface area contributed by atoms with Gasteiger partial charge in [-0.2, -0.15) is 18.3 Å². The average Bonchev–Trinajstić information content (AvgIpc) is 2.45. The topological polar surface area (TPSA) is 28.7 Å². The van der Waals surface area contributed by atoms with Crippen LogP contribution in [0.3, 0.4) is 0 Å². The molecular weight excluding hydrogens is 200 g/mol. The molecule has 0 amide bonds. The number of rotatable bonds is 0. The van der Waals surface area contributed by atoms with E-state index in [1.165, 1.54) is 6.07 Å². The third kappa shape index (κ3) is 1.32. The van der Waals surface area contributed by atoms with Crippen molar-refractivity contribution in [3.05, 3.63) is 29.7 Å². The van der Waals surface area contributed by atoms with E-state index >= 15 is 0 Å². The molecule has 1 aromatic heterocycles. The monoisotopic (exact) mass is 204 g/mol. The first-order valence-electron chi connectivity index (χ1n) is 3.69. The summed E-state index contributed by atoms with van der Waals surface area (Å²) in [5.41, 5.74) is -0.925. The zero-order chi connectivity index (χ0) is 10.3. The summed E-state index contributed by atoms with van der Waals surface area (Å²) in [7, 11) is 0. The number of benzene rings is 1. The fourth-order valence-corrected chi connectivity index (χ4v) is 1.20. The van der Waals surface area contributed by atoms with Crippen LogP contribution in [0, 0.1) is 5.82 Å². The summed E-state index contributed by atoms with van der Waals surface area (Å²) in [6.07, 6.45) is -4.54. The molecule has 0 saturated heterocycles. The van der Waals surface area contributed by atoms with Gasteiger partial charge in [0, 0.05) is 5.39 Å². The minimum atomic E-state index is -4.54. The molecule has 0 aliphatic carbocycles. The van der Waals surface area contributed by atoms with E-state index in [0.717, 1.165) is 12.1 Å². The van der Waals surface area contributed by atoms with E-state index < -0.39 is 17.7 Å². The molecule has 0 spiro atoms. The van der Waals surface area contributed by atoms with Crippen molar-refractivity contribution in [2.24, 2.45) is 0 Å². The van der Waals surface area contributed by atoms with Crippen LogP contribution in [0.25, 0.3) is 10.9 Å². The number of nitrogens with one attached hydrogen (secondary N) is 1. The normalized spacial score (nSPS) is 12.3. The summed E-state index contributed by atoms with van der Waals surface area (Å²) in [5.74, 6) is -0.718. The van der Waals surface area contributed by atoms with Gasteiger partial charge in [0.15, 0.2) is 0 Å². The Morgan fingerprint density at radius 2 is 1.93 bits per heavy atom. The third-order valence-electron chi connectivity index (χ3n) is 1.80. The van der Waals surface area contributed by atoms with Crippen LogP contribution in [0.1, 0.15) is 5.69 Å². The van der Waals surface area contributed by atoms with Gasteiger partial charge in [0.2, 0.25) is 0 Å². The highest BCUT2D eigenvalue weighted by atomic mass is 19.4. The lowest BCUT2D eigenvalue weighted by Gasteiger charge is -2.02. The summed E-state index contributed by atoms with van der Waals surface area (Å²) in [6.45, 7) is 0. The van der Waals surface area contributed by atoms with Gasteiger partial charge in [-0.05, 0) is 18.2 Å². The molecule has 1 aromatic carbocycles. The Morgan fingerprint density at radius 3 is 2.57 bits per heavy atom. The Labute approximate surface area is 75.5 Å². The molecule has 1 heterocycles. The second kappa shape index (κ2) is 2.70. The molecule has 0 atom stereocenters. The van der Waals surface area contributed by atoms with E-state index in [9.17, 15) is 17.6 Å². The van der Waals surface area contributed by atoms with Crippen molar-refractivity contribution >= 4 is 10.9 Å². The lowest BCUT2D eigenvalue weighted by molar-refractivity contribution is -0.139. The summed E-state index contributed by atoms with van der Waals surface area (Å²) in [5, 5.41) is 5.00. The van der Waals surface area contributed by atoms with Crippen molar-refractivity contribution in [3.63, 3.8) is 0 Å². The molecule has 2 aromatic rings. The number of hydrogen-bond donors (Lipinski definition) is 1. The van der Waals surface area contributed by atoms with Crippen LogP contribution in [0.4, 0.5) is 17.6 Å². The van der Waals surface area contributed by atoms with Gasteiger partial charge in [-0.3, -0.25) is 5.10 Å². The maximum Gasteiger partial charge on any atom is 0.433 e. The average molecular weight is 204 g/mol. The molecule has 0 aliphatic heterocycles. The van der Waals surface area contributed by atoms with E-state index in [1.807, 2.05) is 5.10 Å². The highest BCUT2D eigenvalue weighted by molar-refractivity contribution is 5.81.